The molecule has 0 aliphatic rings. The Labute approximate surface area is 194 Å². The van der Waals surface area contributed by atoms with E-state index in [9.17, 15) is 8.42 Å². The average Bonchev–Trinajstić information content (AvgIpc) is 2.67. The van der Waals surface area contributed by atoms with Crippen molar-refractivity contribution in [2.24, 2.45) is 4.99 Å². The molecular formula is C26H35N3O2S. The minimum absolute atomic E-state index is 0.477. The third-order valence-corrected chi connectivity index (χ3v) is 5.24. The number of hydrogen-bond acceptors (Lipinski definition) is 4. The van der Waals surface area contributed by atoms with Gasteiger partial charge in [0.05, 0.1) is 17.6 Å². The highest BCUT2D eigenvalue weighted by Gasteiger charge is 2.06. The zero-order valence-electron chi connectivity index (χ0n) is 20.3. The summed E-state index contributed by atoms with van der Waals surface area (Å²) in [5, 5.41) is 0. The number of nitrogens with one attached hydrogen (secondary N) is 1. The van der Waals surface area contributed by atoms with Crippen molar-refractivity contribution in [2.75, 3.05) is 25.1 Å². The van der Waals surface area contributed by atoms with Gasteiger partial charge in [0.15, 0.2) is 0 Å². The average molecular weight is 454 g/mol. The van der Waals surface area contributed by atoms with E-state index in [2.05, 4.69) is 30.5 Å². The second-order valence-corrected chi connectivity index (χ2v) is 9.84. The highest BCUT2D eigenvalue weighted by Crippen LogP contribution is 2.23. The van der Waals surface area contributed by atoms with Crippen molar-refractivity contribution in [3.63, 3.8) is 0 Å². The number of benzene rings is 1. The van der Waals surface area contributed by atoms with Crippen molar-refractivity contribution in [1.82, 2.24) is 4.90 Å². The van der Waals surface area contributed by atoms with Gasteiger partial charge in [-0.25, -0.2) is 8.42 Å². The maximum atomic E-state index is 11.5. The van der Waals surface area contributed by atoms with Crippen molar-refractivity contribution < 1.29 is 8.42 Å². The van der Waals surface area contributed by atoms with Crippen LogP contribution in [0.1, 0.15) is 27.7 Å². The predicted octanol–water partition coefficient (Wildman–Crippen LogP) is 6.18. The molecule has 0 atom stereocenters. The first-order valence-electron chi connectivity index (χ1n) is 10.1. The Morgan fingerprint density at radius 3 is 2.16 bits per heavy atom. The molecule has 0 aliphatic heterocycles. The number of likely N-dealkylation sites (N-methyl/N-ethyl adjacent to an activating group) is 1. The van der Waals surface area contributed by atoms with Gasteiger partial charge < -0.3 is 4.90 Å². The monoisotopic (exact) mass is 453 g/mol. The van der Waals surface area contributed by atoms with E-state index >= 15 is 0 Å². The summed E-state index contributed by atoms with van der Waals surface area (Å²) in [6.45, 7) is 20.2. The SMILES string of the molecule is C=C(/C=C\C(=C)/C(C)=C/C(C(C)=Nc1cccc(NS(C)(=O)=O)c1)=C(C)C)C(=C)N(C)C. The highest BCUT2D eigenvalue weighted by molar-refractivity contribution is 7.92. The smallest absolute Gasteiger partial charge is 0.229 e. The molecule has 1 N–H and O–H groups in total. The molecule has 0 unspecified atom stereocenters. The van der Waals surface area contributed by atoms with E-state index in [0.29, 0.717) is 11.4 Å². The van der Waals surface area contributed by atoms with Crippen molar-refractivity contribution in [2.45, 2.75) is 27.7 Å². The van der Waals surface area contributed by atoms with Gasteiger partial charge in [0, 0.05) is 25.5 Å². The molecule has 6 heteroatoms. The molecular weight excluding hydrogens is 418 g/mol. The van der Waals surface area contributed by atoms with Crippen LogP contribution in [0.2, 0.25) is 0 Å². The fourth-order valence-electron chi connectivity index (χ4n) is 2.74. The Morgan fingerprint density at radius 2 is 1.62 bits per heavy atom. The molecule has 0 amide bonds. The summed E-state index contributed by atoms with van der Waals surface area (Å²) >= 11 is 0. The van der Waals surface area contributed by atoms with Crippen LogP contribution in [0.3, 0.4) is 0 Å². The Hall–Kier alpha value is -3.12. The molecule has 32 heavy (non-hydrogen) atoms. The molecule has 172 valence electrons. The van der Waals surface area contributed by atoms with E-state index in [4.69, 9.17) is 4.99 Å². The number of allylic oxidation sites excluding steroid dienone is 7. The number of anilines is 1. The number of rotatable bonds is 10. The van der Waals surface area contributed by atoms with Gasteiger partial charge in [-0.1, -0.05) is 43.5 Å². The fraction of sp³-hybridized carbons (Fsp3) is 0.269. The third kappa shape index (κ3) is 8.94. The van der Waals surface area contributed by atoms with Crippen LogP contribution in [-0.2, 0) is 10.0 Å². The summed E-state index contributed by atoms with van der Waals surface area (Å²) in [6, 6.07) is 7.00. The minimum Gasteiger partial charge on any atom is -0.378 e. The summed E-state index contributed by atoms with van der Waals surface area (Å²) < 4.78 is 25.5. The first-order valence-corrected chi connectivity index (χ1v) is 12.0. The summed E-state index contributed by atoms with van der Waals surface area (Å²) in [4.78, 5) is 6.62. The highest BCUT2D eigenvalue weighted by atomic mass is 32.2. The summed E-state index contributed by atoms with van der Waals surface area (Å²) in [5.41, 5.74) is 7.61. The van der Waals surface area contributed by atoms with Crippen LogP contribution < -0.4 is 4.72 Å². The van der Waals surface area contributed by atoms with Crippen LogP contribution in [0.4, 0.5) is 11.4 Å². The van der Waals surface area contributed by atoms with Gasteiger partial charge >= 0.3 is 0 Å². The molecule has 0 aromatic heterocycles. The molecule has 0 aliphatic carbocycles. The molecule has 1 aromatic rings. The van der Waals surface area contributed by atoms with Crippen LogP contribution in [0.25, 0.3) is 0 Å². The number of hydrogen-bond donors (Lipinski definition) is 1. The van der Waals surface area contributed by atoms with Crippen molar-refractivity contribution in [1.29, 1.82) is 0 Å². The zero-order valence-corrected chi connectivity index (χ0v) is 21.1. The predicted molar refractivity (Wildman–Crippen MR) is 140 cm³/mol. The lowest BCUT2D eigenvalue weighted by molar-refractivity contribution is 0.527. The van der Waals surface area contributed by atoms with Gasteiger partial charge in [-0.05, 0) is 74.3 Å². The van der Waals surface area contributed by atoms with Crippen LogP contribution in [0.5, 0.6) is 0 Å². The molecule has 0 heterocycles. The molecule has 0 bridgehead atoms. The Bertz CT molecular complexity index is 1130. The lowest BCUT2D eigenvalue weighted by Crippen LogP contribution is -2.10. The molecule has 0 saturated heterocycles. The Morgan fingerprint density at radius 1 is 1.03 bits per heavy atom. The number of sulfonamides is 1. The quantitative estimate of drug-likeness (QED) is 0.340. The summed E-state index contributed by atoms with van der Waals surface area (Å²) in [7, 11) is 0.509. The summed E-state index contributed by atoms with van der Waals surface area (Å²) in [6.07, 6.45) is 7.02. The second kappa shape index (κ2) is 11.5. The Balaban J connectivity index is 3.16. The van der Waals surface area contributed by atoms with E-state index in [-0.39, 0.29) is 0 Å². The maximum absolute atomic E-state index is 11.5. The van der Waals surface area contributed by atoms with Crippen LogP contribution in [-0.4, -0.2) is 39.4 Å². The standard InChI is InChI=1S/C26H35N3O2S/c1-18(2)26(16-21(5)19(3)14-15-20(4)23(7)29(8)9)22(6)27-24-12-11-13-25(17-24)28-32(10,30)31/h11-17,28H,3-4,7H2,1-2,5-6,8-10H3/b15-14-,21-16+,27-22?. The topological polar surface area (TPSA) is 61.8 Å². The molecule has 5 nitrogen and oxygen atoms in total. The lowest BCUT2D eigenvalue weighted by atomic mass is 9.99. The first kappa shape index (κ1) is 26.9. The van der Waals surface area contributed by atoms with Crippen LogP contribution >= 0.6 is 0 Å². The van der Waals surface area contributed by atoms with Gasteiger partial charge in [-0.15, -0.1) is 0 Å². The minimum atomic E-state index is -3.35. The lowest BCUT2D eigenvalue weighted by Gasteiger charge is -2.15. The molecule has 0 fully saturated rings. The normalized spacial score (nSPS) is 12.5. The number of nitrogens with zero attached hydrogens (tertiary/aromatic N) is 2. The largest absolute Gasteiger partial charge is 0.378 e. The first-order chi connectivity index (χ1) is 14.7. The van der Waals surface area contributed by atoms with Crippen molar-refractivity contribution in [3.05, 3.63) is 95.8 Å². The van der Waals surface area contributed by atoms with Crippen molar-refractivity contribution in [3.8, 4) is 0 Å². The molecule has 1 aromatic carbocycles. The maximum Gasteiger partial charge on any atom is 0.229 e. The van der Waals surface area contributed by atoms with Crippen molar-refractivity contribution >= 4 is 27.1 Å². The fourth-order valence-corrected chi connectivity index (χ4v) is 3.30. The van der Waals surface area contributed by atoms with E-state index in [1.807, 2.05) is 64.9 Å². The third-order valence-electron chi connectivity index (χ3n) is 4.64. The Kier molecular flexibility index (Phi) is 9.66. The van der Waals surface area contributed by atoms with Gasteiger partial charge in [0.2, 0.25) is 10.0 Å². The van der Waals surface area contributed by atoms with Crippen LogP contribution in [0.15, 0.2) is 101 Å². The van der Waals surface area contributed by atoms with Gasteiger partial charge in [0.25, 0.3) is 0 Å². The van der Waals surface area contributed by atoms with E-state index in [1.165, 1.54) is 0 Å². The second-order valence-electron chi connectivity index (χ2n) is 8.09. The molecule has 0 radical (unpaired) electrons. The van der Waals surface area contributed by atoms with Gasteiger partial charge in [-0.3, -0.25) is 9.71 Å². The zero-order chi connectivity index (χ0) is 24.6. The van der Waals surface area contributed by atoms with Gasteiger partial charge in [0.1, 0.15) is 0 Å². The van der Waals surface area contributed by atoms with Gasteiger partial charge in [-0.2, -0.15) is 0 Å². The van der Waals surface area contributed by atoms with E-state index < -0.39 is 10.0 Å². The van der Waals surface area contributed by atoms with Crippen LogP contribution in [0, 0.1) is 0 Å². The molecule has 1 rings (SSSR count). The molecule has 0 saturated carbocycles. The summed E-state index contributed by atoms with van der Waals surface area (Å²) in [5.74, 6) is 0. The number of aliphatic imine (C=N–C) groups is 1. The van der Waals surface area contributed by atoms with E-state index in [1.54, 1.807) is 18.2 Å². The molecule has 0 spiro atoms. The van der Waals surface area contributed by atoms with E-state index in [0.717, 1.165) is 45.5 Å².